The van der Waals surface area contributed by atoms with Gasteiger partial charge in [-0.25, -0.2) is 4.98 Å². The average molecular weight is 325 g/mol. The largest absolute Gasteiger partial charge is 0.487 e. The lowest BCUT2D eigenvalue weighted by molar-refractivity contribution is 0.302. The van der Waals surface area contributed by atoms with Crippen LogP contribution in [-0.4, -0.2) is 4.98 Å². The lowest BCUT2D eigenvalue weighted by Gasteiger charge is -2.09. The van der Waals surface area contributed by atoms with Crippen molar-refractivity contribution in [2.45, 2.75) is 13.5 Å². The van der Waals surface area contributed by atoms with E-state index in [0.717, 1.165) is 22.3 Å². The van der Waals surface area contributed by atoms with Gasteiger partial charge in [-0.15, -0.1) is 0 Å². The first kappa shape index (κ1) is 15.4. The minimum atomic E-state index is 0.467. The van der Waals surface area contributed by atoms with Gasteiger partial charge in [0, 0.05) is 5.39 Å². The summed E-state index contributed by atoms with van der Waals surface area (Å²) in [4.78, 5) is 4.64. The van der Waals surface area contributed by atoms with E-state index < -0.39 is 0 Å². The van der Waals surface area contributed by atoms with E-state index in [1.807, 2.05) is 36.4 Å². The Morgan fingerprint density at radius 1 is 0.760 bits per heavy atom. The van der Waals surface area contributed by atoms with E-state index in [1.54, 1.807) is 0 Å². The van der Waals surface area contributed by atoms with Crippen LogP contribution in [0.2, 0.25) is 0 Å². The second-order valence-corrected chi connectivity index (χ2v) is 6.12. The summed E-state index contributed by atoms with van der Waals surface area (Å²) in [6.07, 6.45) is 0. The van der Waals surface area contributed by atoms with Crippen LogP contribution in [0.15, 0.2) is 84.9 Å². The maximum Gasteiger partial charge on any atom is 0.130 e. The maximum absolute atomic E-state index is 5.90. The van der Waals surface area contributed by atoms with E-state index in [-0.39, 0.29) is 0 Å². The fraction of sp³-hybridized carbons (Fsp3) is 0.0870. The highest BCUT2D eigenvalue weighted by Gasteiger charge is 2.03. The van der Waals surface area contributed by atoms with E-state index in [9.17, 15) is 0 Å². The normalized spacial score (nSPS) is 10.8. The molecule has 0 aliphatic heterocycles. The zero-order valence-electron chi connectivity index (χ0n) is 14.1. The minimum Gasteiger partial charge on any atom is -0.487 e. The van der Waals surface area contributed by atoms with Crippen molar-refractivity contribution in [3.05, 3.63) is 96.2 Å². The van der Waals surface area contributed by atoms with Crippen molar-refractivity contribution in [1.29, 1.82) is 0 Å². The zero-order chi connectivity index (χ0) is 17.1. The van der Waals surface area contributed by atoms with E-state index in [0.29, 0.717) is 6.61 Å². The van der Waals surface area contributed by atoms with Crippen LogP contribution in [0.1, 0.15) is 11.3 Å². The van der Waals surface area contributed by atoms with E-state index in [4.69, 9.17) is 4.74 Å². The summed E-state index contributed by atoms with van der Waals surface area (Å²) in [6, 6.07) is 28.9. The Balaban J connectivity index is 1.48. The Morgan fingerprint density at radius 3 is 2.36 bits per heavy atom. The van der Waals surface area contributed by atoms with Gasteiger partial charge in [0.2, 0.25) is 0 Å². The Labute approximate surface area is 147 Å². The number of hydrogen-bond donors (Lipinski definition) is 0. The van der Waals surface area contributed by atoms with Gasteiger partial charge in [-0.1, -0.05) is 60.7 Å². The van der Waals surface area contributed by atoms with Gasteiger partial charge in [0.25, 0.3) is 0 Å². The summed E-state index contributed by atoms with van der Waals surface area (Å²) in [6.45, 7) is 2.60. The number of aromatic nitrogens is 1. The van der Waals surface area contributed by atoms with Gasteiger partial charge in [0.1, 0.15) is 12.4 Å². The smallest absolute Gasteiger partial charge is 0.130 e. The zero-order valence-corrected chi connectivity index (χ0v) is 14.1. The summed E-state index contributed by atoms with van der Waals surface area (Å²) < 4.78 is 5.90. The Morgan fingerprint density at radius 2 is 1.52 bits per heavy atom. The first-order valence-corrected chi connectivity index (χ1v) is 8.43. The van der Waals surface area contributed by atoms with Crippen LogP contribution < -0.4 is 4.74 Å². The first-order valence-electron chi connectivity index (χ1n) is 8.43. The Kier molecular flexibility index (Phi) is 4.17. The molecule has 0 aliphatic rings. The molecular formula is C23H19NO. The number of nitrogens with zero attached hydrogens (tertiary/aromatic N) is 1. The molecule has 4 rings (SSSR count). The minimum absolute atomic E-state index is 0.467. The second-order valence-electron chi connectivity index (χ2n) is 6.12. The molecule has 0 unspecified atom stereocenters. The molecule has 0 amide bonds. The molecule has 1 aromatic heterocycles. The fourth-order valence-corrected chi connectivity index (χ4v) is 2.97. The number of para-hydroxylation sites is 1. The third-order valence-electron chi connectivity index (χ3n) is 4.35. The van der Waals surface area contributed by atoms with E-state index in [1.165, 1.54) is 16.7 Å². The third-order valence-corrected chi connectivity index (χ3v) is 4.35. The van der Waals surface area contributed by atoms with Crippen molar-refractivity contribution in [2.24, 2.45) is 0 Å². The van der Waals surface area contributed by atoms with Gasteiger partial charge >= 0.3 is 0 Å². The van der Waals surface area contributed by atoms with E-state index in [2.05, 4.69) is 60.4 Å². The molecular weight excluding hydrogens is 306 g/mol. The molecule has 0 bridgehead atoms. The van der Waals surface area contributed by atoms with Crippen molar-refractivity contribution in [3.63, 3.8) is 0 Å². The maximum atomic E-state index is 5.90. The van der Waals surface area contributed by atoms with Crippen LogP contribution in [0.5, 0.6) is 5.75 Å². The molecule has 0 atom stereocenters. The molecule has 0 aliphatic carbocycles. The van der Waals surface area contributed by atoms with Gasteiger partial charge in [-0.3, -0.25) is 0 Å². The average Bonchev–Trinajstić information content (AvgIpc) is 2.67. The fourth-order valence-electron chi connectivity index (χ4n) is 2.97. The summed E-state index contributed by atoms with van der Waals surface area (Å²) in [5.41, 5.74) is 5.66. The number of benzene rings is 3. The molecule has 1 heterocycles. The van der Waals surface area contributed by atoms with Crippen molar-refractivity contribution >= 4 is 10.9 Å². The van der Waals surface area contributed by atoms with E-state index >= 15 is 0 Å². The summed E-state index contributed by atoms with van der Waals surface area (Å²) in [5, 5.41) is 1.15. The number of ether oxygens (including phenoxy) is 1. The topological polar surface area (TPSA) is 22.1 Å². The molecule has 25 heavy (non-hydrogen) atoms. The number of rotatable bonds is 4. The van der Waals surface area contributed by atoms with Gasteiger partial charge in [-0.2, -0.15) is 0 Å². The molecule has 0 saturated carbocycles. The predicted molar refractivity (Wildman–Crippen MR) is 103 cm³/mol. The lowest BCUT2D eigenvalue weighted by atomic mass is 10.0. The highest BCUT2D eigenvalue weighted by Crippen LogP contribution is 2.25. The molecule has 3 aromatic carbocycles. The molecule has 0 fully saturated rings. The third kappa shape index (κ3) is 3.38. The number of pyridine rings is 1. The number of fused-ring (bicyclic) bond motifs is 1. The first-order chi connectivity index (χ1) is 12.3. The highest BCUT2D eigenvalue weighted by molar-refractivity contribution is 5.78. The molecule has 0 spiro atoms. The quantitative estimate of drug-likeness (QED) is 0.474. The monoisotopic (exact) mass is 325 g/mol. The lowest BCUT2D eigenvalue weighted by Crippen LogP contribution is -1.98. The van der Waals surface area contributed by atoms with Crippen LogP contribution in [0.3, 0.4) is 0 Å². The highest BCUT2D eigenvalue weighted by atomic mass is 16.5. The van der Waals surface area contributed by atoms with Crippen LogP contribution in [0, 0.1) is 6.92 Å². The molecule has 0 radical (unpaired) electrons. The van der Waals surface area contributed by atoms with Crippen molar-refractivity contribution in [2.75, 3.05) is 0 Å². The molecule has 2 nitrogen and oxygen atoms in total. The van der Waals surface area contributed by atoms with Crippen molar-refractivity contribution in [3.8, 4) is 16.9 Å². The standard InChI is InChI=1S/C23H19NO/c1-17-6-2-4-8-22(17)18-11-14-21(15-12-18)25-16-20-13-10-19-7-3-5-9-23(19)24-20/h2-15H,16H2,1H3. The Bertz CT molecular complexity index is 1010. The molecule has 0 N–H and O–H groups in total. The van der Waals surface area contributed by atoms with Crippen LogP contribution in [0.25, 0.3) is 22.0 Å². The van der Waals surface area contributed by atoms with Crippen molar-refractivity contribution < 1.29 is 4.74 Å². The predicted octanol–water partition coefficient (Wildman–Crippen LogP) is 5.79. The van der Waals surface area contributed by atoms with Gasteiger partial charge < -0.3 is 4.74 Å². The molecule has 0 saturated heterocycles. The number of aryl methyl sites for hydroxylation is 1. The SMILES string of the molecule is Cc1ccccc1-c1ccc(OCc2ccc3ccccc3n2)cc1. The number of hydrogen-bond acceptors (Lipinski definition) is 2. The second kappa shape index (κ2) is 6.78. The van der Waals surface area contributed by atoms with Gasteiger partial charge in [-0.05, 0) is 47.9 Å². The summed E-state index contributed by atoms with van der Waals surface area (Å²) >= 11 is 0. The molecule has 122 valence electrons. The van der Waals surface area contributed by atoms with Gasteiger partial charge in [0.05, 0.1) is 11.2 Å². The van der Waals surface area contributed by atoms with Crippen LogP contribution >= 0.6 is 0 Å². The molecule has 4 aromatic rings. The van der Waals surface area contributed by atoms with Crippen LogP contribution in [-0.2, 0) is 6.61 Å². The Hall–Kier alpha value is -3.13. The van der Waals surface area contributed by atoms with Crippen molar-refractivity contribution in [1.82, 2.24) is 4.98 Å². The van der Waals surface area contributed by atoms with Crippen LogP contribution in [0.4, 0.5) is 0 Å². The van der Waals surface area contributed by atoms with Gasteiger partial charge in [0.15, 0.2) is 0 Å². The summed E-state index contributed by atoms with van der Waals surface area (Å²) in [7, 11) is 0. The molecule has 2 heteroatoms. The summed E-state index contributed by atoms with van der Waals surface area (Å²) in [5.74, 6) is 0.854.